The van der Waals surface area contributed by atoms with E-state index in [0.717, 1.165) is 0 Å². The van der Waals surface area contributed by atoms with E-state index in [4.69, 9.17) is 16.3 Å². The lowest BCUT2D eigenvalue weighted by Gasteiger charge is -2.27. The second-order valence-corrected chi connectivity index (χ2v) is 4.94. The number of hydrogen-bond donors (Lipinski definition) is 1. The molecule has 1 aromatic rings. The van der Waals surface area contributed by atoms with Crippen molar-refractivity contribution in [2.75, 3.05) is 45.3 Å². The Kier molecular flexibility index (Phi) is 5.41. The fraction of sp³-hybridized carbons (Fsp3) is 0.429. The Morgan fingerprint density at radius 3 is 2.76 bits per heavy atom. The number of morpholine rings is 1. The lowest BCUT2D eigenvalue weighted by Crippen LogP contribution is -2.43. The Morgan fingerprint density at radius 1 is 1.38 bits per heavy atom. The van der Waals surface area contributed by atoms with Crippen LogP contribution in [0.25, 0.3) is 0 Å². The average molecular weight is 313 g/mol. The van der Waals surface area contributed by atoms with Gasteiger partial charge in [-0.15, -0.1) is 0 Å². The fourth-order valence-corrected chi connectivity index (χ4v) is 2.19. The summed E-state index contributed by atoms with van der Waals surface area (Å²) in [6, 6.07) is 4.74. The number of nitrogens with one attached hydrogen (secondary N) is 1. The summed E-state index contributed by atoms with van der Waals surface area (Å²) in [5.41, 5.74) is 0.907. The van der Waals surface area contributed by atoms with Crippen LogP contribution in [0.2, 0.25) is 5.02 Å². The van der Waals surface area contributed by atoms with Crippen molar-refractivity contribution < 1.29 is 19.1 Å². The van der Waals surface area contributed by atoms with E-state index in [1.54, 1.807) is 23.1 Å². The number of anilines is 1. The molecule has 1 N–H and O–H groups in total. The van der Waals surface area contributed by atoms with E-state index in [-0.39, 0.29) is 12.5 Å². The monoisotopic (exact) mass is 312 g/mol. The zero-order valence-corrected chi connectivity index (χ0v) is 12.5. The van der Waals surface area contributed by atoms with Gasteiger partial charge in [-0.1, -0.05) is 11.6 Å². The molecule has 0 radical (unpaired) electrons. The summed E-state index contributed by atoms with van der Waals surface area (Å²) in [7, 11) is 1.31. The van der Waals surface area contributed by atoms with Crippen LogP contribution in [0.15, 0.2) is 18.2 Å². The Morgan fingerprint density at radius 2 is 2.10 bits per heavy atom. The normalized spacial score (nSPS) is 14.7. The van der Waals surface area contributed by atoms with Crippen molar-refractivity contribution >= 4 is 29.2 Å². The number of carbonyl (C=O) groups excluding carboxylic acids is 2. The molecular formula is C14H17ClN2O4. The highest BCUT2D eigenvalue weighted by molar-refractivity contribution is 6.33. The van der Waals surface area contributed by atoms with Gasteiger partial charge >= 0.3 is 5.97 Å². The summed E-state index contributed by atoms with van der Waals surface area (Å²) in [5.74, 6) is -0.480. The van der Waals surface area contributed by atoms with Crippen LogP contribution in [0.5, 0.6) is 0 Å². The first-order valence-corrected chi connectivity index (χ1v) is 6.97. The van der Waals surface area contributed by atoms with Gasteiger partial charge in [-0.05, 0) is 18.2 Å². The third-order valence-electron chi connectivity index (χ3n) is 3.18. The van der Waals surface area contributed by atoms with Crippen LogP contribution in [0, 0.1) is 0 Å². The largest absolute Gasteiger partial charge is 0.465 e. The topological polar surface area (TPSA) is 67.9 Å². The molecule has 0 spiro atoms. The maximum Gasteiger partial charge on any atom is 0.337 e. The molecule has 114 valence electrons. The minimum atomic E-state index is -0.450. The van der Waals surface area contributed by atoms with Gasteiger partial charge in [-0.2, -0.15) is 0 Å². The van der Waals surface area contributed by atoms with E-state index < -0.39 is 5.97 Å². The highest BCUT2D eigenvalue weighted by atomic mass is 35.5. The molecule has 21 heavy (non-hydrogen) atoms. The van der Waals surface area contributed by atoms with E-state index in [2.05, 4.69) is 10.1 Å². The second kappa shape index (κ2) is 7.28. The van der Waals surface area contributed by atoms with Crippen LogP contribution in [0.1, 0.15) is 10.4 Å². The molecule has 7 heteroatoms. The predicted octanol–water partition coefficient (Wildman–Crippen LogP) is 1.40. The summed E-state index contributed by atoms with van der Waals surface area (Å²) in [4.78, 5) is 25.2. The molecule has 0 atom stereocenters. The molecule has 0 aromatic heterocycles. The first-order valence-electron chi connectivity index (χ1n) is 6.59. The molecule has 0 bridgehead atoms. The Labute approximate surface area is 128 Å². The van der Waals surface area contributed by atoms with Crippen LogP contribution in [-0.4, -0.2) is 56.7 Å². The summed E-state index contributed by atoms with van der Waals surface area (Å²) in [5, 5.41) is 3.40. The zero-order chi connectivity index (χ0) is 15.2. The first kappa shape index (κ1) is 15.6. The van der Waals surface area contributed by atoms with Gasteiger partial charge in [0.25, 0.3) is 0 Å². The van der Waals surface area contributed by atoms with Crippen molar-refractivity contribution in [1.82, 2.24) is 4.90 Å². The third-order valence-corrected chi connectivity index (χ3v) is 3.51. The van der Waals surface area contributed by atoms with Crippen molar-refractivity contribution in [1.29, 1.82) is 0 Å². The molecule has 1 aromatic carbocycles. The Balaban J connectivity index is 1.98. The number of ether oxygens (including phenoxy) is 2. The number of esters is 1. The number of hydrogen-bond acceptors (Lipinski definition) is 5. The van der Waals surface area contributed by atoms with Crippen molar-refractivity contribution in [3.8, 4) is 0 Å². The van der Waals surface area contributed by atoms with Crippen molar-refractivity contribution in [3.05, 3.63) is 28.8 Å². The molecular weight excluding hydrogens is 296 g/mol. The van der Waals surface area contributed by atoms with Gasteiger partial charge in [-0.25, -0.2) is 4.79 Å². The van der Waals surface area contributed by atoms with Gasteiger partial charge < -0.3 is 19.7 Å². The maximum atomic E-state index is 12.0. The Hall–Kier alpha value is -1.79. The standard InChI is InChI=1S/C14H17ClN2O4/c1-20-14(19)10-2-3-11(15)12(8-10)16-9-13(18)17-4-6-21-7-5-17/h2-3,8,16H,4-7,9H2,1H3. The van der Waals surface area contributed by atoms with Crippen LogP contribution in [-0.2, 0) is 14.3 Å². The van der Waals surface area contributed by atoms with Crippen molar-refractivity contribution in [2.24, 2.45) is 0 Å². The van der Waals surface area contributed by atoms with Gasteiger partial charge in [0, 0.05) is 13.1 Å². The third kappa shape index (κ3) is 4.09. The number of nitrogens with zero attached hydrogens (tertiary/aromatic N) is 1. The number of methoxy groups -OCH3 is 1. The lowest BCUT2D eigenvalue weighted by molar-refractivity contribution is -0.133. The van der Waals surface area contributed by atoms with Gasteiger partial charge in [0.05, 0.1) is 43.1 Å². The summed E-state index contributed by atoms with van der Waals surface area (Å²) < 4.78 is 9.85. The highest BCUT2D eigenvalue weighted by Gasteiger charge is 2.17. The lowest BCUT2D eigenvalue weighted by atomic mass is 10.2. The highest BCUT2D eigenvalue weighted by Crippen LogP contribution is 2.23. The number of amides is 1. The van der Waals surface area contributed by atoms with E-state index in [0.29, 0.717) is 42.6 Å². The average Bonchev–Trinajstić information content (AvgIpc) is 2.53. The molecule has 1 saturated heterocycles. The van der Waals surface area contributed by atoms with Crippen LogP contribution < -0.4 is 5.32 Å². The molecule has 0 saturated carbocycles. The van der Waals surface area contributed by atoms with Crippen LogP contribution in [0.3, 0.4) is 0 Å². The molecule has 0 unspecified atom stereocenters. The molecule has 1 heterocycles. The first-order chi connectivity index (χ1) is 10.1. The number of benzene rings is 1. The maximum absolute atomic E-state index is 12.0. The van der Waals surface area contributed by atoms with E-state index >= 15 is 0 Å². The molecule has 1 aliphatic heterocycles. The SMILES string of the molecule is COC(=O)c1ccc(Cl)c(NCC(=O)N2CCOCC2)c1. The second-order valence-electron chi connectivity index (χ2n) is 4.53. The van der Waals surface area contributed by atoms with Gasteiger partial charge in [0.15, 0.2) is 0 Å². The quantitative estimate of drug-likeness (QED) is 0.851. The summed E-state index contributed by atoms with van der Waals surface area (Å²) in [6.45, 7) is 2.42. The number of rotatable bonds is 4. The molecule has 2 rings (SSSR count). The zero-order valence-electron chi connectivity index (χ0n) is 11.7. The molecule has 1 aliphatic rings. The van der Waals surface area contributed by atoms with Crippen molar-refractivity contribution in [3.63, 3.8) is 0 Å². The number of carbonyl (C=O) groups is 2. The molecule has 1 amide bonds. The van der Waals surface area contributed by atoms with Crippen LogP contribution in [0.4, 0.5) is 5.69 Å². The Bertz CT molecular complexity index is 530. The van der Waals surface area contributed by atoms with Gasteiger partial charge in [0.1, 0.15) is 0 Å². The smallest absolute Gasteiger partial charge is 0.337 e. The van der Waals surface area contributed by atoms with Crippen molar-refractivity contribution in [2.45, 2.75) is 0 Å². The van der Waals surface area contributed by atoms with Gasteiger partial charge in [0.2, 0.25) is 5.91 Å². The molecule has 0 aliphatic carbocycles. The fourth-order valence-electron chi connectivity index (χ4n) is 2.00. The summed E-state index contributed by atoms with van der Waals surface area (Å²) >= 11 is 6.05. The van der Waals surface area contributed by atoms with E-state index in [9.17, 15) is 9.59 Å². The molecule has 6 nitrogen and oxygen atoms in total. The minimum Gasteiger partial charge on any atom is -0.465 e. The predicted molar refractivity (Wildman–Crippen MR) is 78.7 cm³/mol. The molecule has 1 fully saturated rings. The van der Waals surface area contributed by atoms with Gasteiger partial charge in [-0.3, -0.25) is 4.79 Å². The minimum absolute atomic E-state index is 0.0298. The van der Waals surface area contributed by atoms with Crippen LogP contribution >= 0.6 is 11.6 Å². The van der Waals surface area contributed by atoms with E-state index in [1.807, 2.05) is 0 Å². The van der Waals surface area contributed by atoms with E-state index in [1.165, 1.54) is 7.11 Å². The summed E-state index contributed by atoms with van der Waals surface area (Å²) in [6.07, 6.45) is 0. The number of halogens is 1.